The third-order valence-electron chi connectivity index (χ3n) is 5.92. The average molecular weight is 556 g/mol. The van der Waals surface area contributed by atoms with Gasteiger partial charge in [-0.25, -0.2) is 0 Å². The van der Waals surface area contributed by atoms with Crippen molar-refractivity contribution >= 4 is 41.4 Å². The number of hydrogen-bond donors (Lipinski definition) is 3. The van der Waals surface area contributed by atoms with E-state index in [1.54, 1.807) is 44.2 Å². The van der Waals surface area contributed by atoms with Crippen LogP contribution in [-0.4, -0.2) is 73.7 Å². The Morgan fingerprint density at radius 1 is 0.975 bits per heavy atom. The Morgan fingerprint density at radius 3 is 2.12 bits per heavy atom. The highest BCUT2D eigenvalue weighted by Gasteiger charge is 2.32. The quantitative estimate of drug-likeness (QED) is 0.168. The van der Waals surface area contributed by atoms with E-state index >= 15 is 0 Å². The van der Waals surface area contributed by atoms with Gasteiger partial charge in [0.05, 0.1) is 26.7 Å². The molecule has 0 saturated carbocycles. The number of rotatable bonds is 15. The number of ether oxygens (including phenoxy) is 2. The summed E-state index contributed by atoms with van der Waals surface area (Å²) in [5.74, 6) is -4.58. The number of benzene rings is 2. The molecule has 2 aromatic carbocycles. The molecule has 214 valence electrons. The lowest BCUT2D eigenvalue weighted by Gasteiger charge is -2.29. The molecule has 0 unspecified atom stereocenters. The lowest BCUT2D eigenvalue weighted by molar-refractivity contribution is -0.138. The van der Waals surface area contributed by atoms with Crippen molar-refractivity contribution in [2.24, 2.45) is 0 Å². The zero-order valence-corrected chi connectivity index (χ0v) is 22.8. The van der Waals surface area contributed by atoms with Crippen LogP contribution in [0.5, 0.6) is 11.5 Å². The molecule has 0 spiro atoms. The molecule has 0 bridgehead atoms. The van der Waals surface area contributed by atoms with E-state index in [4.69, 9.17) is 14.6 Å². The van der Waals surface area contributed by atoms with E-state index in [9.17, 15) is 28.8 Å². The third kappa shape index (κ3) is 8.13. The number of nitrogens with zero attached hydrogens (tertiary/aromatic N) is 1. The van der Waals surface area contributed by atoms with E-state index in [-0.39, 0.29) is 23.5 Å². The number of anilines is 1. The first kappa shape index (κ1) is 31.5. The fraction of sp³-hybridized carbons (Fsp3) is 0.357. The average Bonchev–Trinajstić information content (AvgIpc) is 2.94. The molecule has 2 aromatic rings. The fourth-order valence-electron chi connectivity index (χ4n) is 4.01. The van der Waals surface area contributed by atoms with Gasteiger partial charge >= 0.3 is 5.97 Å². The van der Waals surface area contributed by atoms with E-state index in [2.05, 4.69) is 10.6 Å². The molecule has 3 N–H and O–H groups in total. The molecule has 0 heterocycles. The monoisotopic (exact) mass is 555 g/mol. The predicted molar refractivity (Wildman–Crippen MR) is 144 cm³/mol. The zero-order valence-electron chi connectivity index (χ0n) is 22.8. The van der Waals surface area contributed by atoms with Gasteiger partial charge < -0.3 is 34.9 Å². The number of hydrogen-bond acceptors (Lipinski definition) is 8. The van der Waals surface area contributed by atoms with Crippen LogP contribution in [0.25, 0.3) is 0 Å². The molecule has 12 heteroatoms. The minimum absolute atomic E-state index is 0.110. The molecule has 2 rings (SSSR count). The van der Waals surface area contributed by atoms with Crippen molar-refractivity contribution in [3.8, 4) is 11.5 Å². The summed E-state index contributed by atoms with van der Waals surface area (Å²) in [7, 11) is 2.67. The highest BCUT2D eigenvalue weighted by molar-refractivity contribution is 6.44. The smallest absolute Gasteiger partial charge is 0.305 e. The van der Waals surface area contributed by atoms with Gasteiger partial charge in [-0.3, -0.25) is 24.0 Å². The summed E-state index contributed by atoms with van der Waals surface area (Å²) in [5.41, 5.74) is 0.885. The lowest BCUT2D eigenvalue weighted by atomic mass is 10.0. The second-order valence-corrected chi connectivity index (χ2v) is 8.80. The zero-order chi connectivity index (χ0) is 29.8. The first-order valence-corrected chi connectivity index (χ1v) is 12.5. The van der Waals surface area contributed by atoms with Crippen molar-refractivity contribution in [1.82, 2.24) is 10.6 Å². The van der Waals surface area contributed by atoms with E-state index in [1.807, 2.05) is 0 Å². The Morgan fingerprint density at radius 2 is 1.60 bits per heavy atom. The number of para-hydroxylation sites is 1. The number of carboxylic acids is 1. The molecule has 40 heavy (non-hydrogen) atoms. The van der Waals surface area contributed by atoms with Crippen LogP contribution >= 0.6 is 0 Å². The molecule has 0 aliphatic heterocycles. The van der Waals surface area contributed by atoms with Crippen molar-refractivity contribution in [1.29, 1.82) is 0 Å². The maximum absolute atomic E-state index is 13.8. The maximum Gasteiger partial charge on any atom is 0.305 e. The number of nitrogens with one attached hydrogen (secondary N) is 2. The first-order valence-electron chi connectivity index (χ1n) is 12.5. The second kappa shape index (κ2) is 15.0. The molecule has 0 saturated heterocycles. The van der Waals surface area contributed by atoms with Gasteiger partial charge in [0.15, 0.2) is 0 Å². The van der Waals surface area contributed by atoms with Gasteiger partial charge in [-0.15, -0.1) is 0 Å². The van der Waals surface area contributed by atoms with E-state index in [0.717, 1.165) is 4.90 Å². The van der Waals surface area contributed by atoms with Crippen molar-refractivity contribution in [3.63, 3.8) is 0 Å². The number of carboxylic acid groups (broad SMARTS) is 1. The number of aliphatic carboxylic acids is 1. The third-order valence-corrected chi connectivity index (χ3v) is 5.92. The Balaban J connectivity index is 2.38. The van der Waals surface area contributed by atoms with Gasteiger partial charge in [-0.1, -0.05) is 37.6 Å². The molecular weight excluding hydrogens is 522 g/mol. The number of methoxy groups -OCH3 is 2. The Labute approximate surface area is 231 Å². The number of aldehydes is 1. The summed E-state index contributed by atoms with van der Waals surface area (Å²) in [6.45, 7) is 2.93. The number of Topliss-reactive ketones (excluding diaryl/α,β-unsaturated/α-hetero) is 1. The second-order valence-electron chi connectivity index (χ2n) is 8.80. The molecule has 12 nitrogen and oxygen atoms in total. The van der Waals surface area contributed by atoms with Gasteiger partial charge in [0.1, 0.15) is 35.9 Å². The van der Waals surface area contributed by atoms with Crippen molar-refractivity contribution in [2.75, 3.05) is 25.7 Å². The van der Waals surface area contributed by atoms with Crippen LogP contribution in [0.1, 0.15) is 42.1 Å². The largest absolute Gasteiger partial charge is 0.496 e. The van der Waals surface area contributed by atoms with Crippen LogP contribution < -0.4 is 25.0 Å². The van der Waals surface area contributed by atoms with Gasteiger partial charge in [0.2, 0.25) is 11.8 Å². The van der Waals surface area contributed by atoms with Gasteiger partial charge in [-0.2, -0.15) is 0 Å². The summed E-state index contributed by atoms with van der Waals surface area (Å²) >= 11 is 0. The van der Waals surface area contributed by atoms with Crippen LogP contribution in [0.3, 0.4) is 0 Å². The number of ketones is 1. The van der Waals surface area contributed by atoms with E-state index in [1.165, 1.54) is 26.4 Å². The SMILES string of the molecule is CCC[C@H](NC(=O)C(=O)c1c(OC)cccc1OC)C(=O)N(CC(=O)N[C@H](C=O)CC(=O)O)c1ccccc1C. The number of aryl methyl sites for hydroxylation is 1. The summed E-state index contributed by atoms with van der Waals surface area (Å²) < 4.78 is 10.4. The number of carbonyl (C=O) groups excluding carboxylic acids is 5. The molecule has 0 aliphatic carbocycles. The minimum Gasteiger partial charge on any atom is -0.496 e. The Bertz CT molecular complexity index is 1240. The van der Waals surface area contributed by atoms with Crippen molar-refractivity contribution < 1.29 is 43.3 Å². The topological polar surface area (TPSA) is 168 Å². The van der Waals surface area contributed by atoms with Crippen LogP contribution in [0.2, 0.25) is 0 Å². The predicted octanol–water partition coefficient (Wildman–Crippen LogP) is 1.67. The van der Waals surface area contributed by atoms with Crippen LogP contribution in [0, 0.1) is 6.92 Å². The first-order chi connectivity index (χ1) is 19.1. The molecule has 0 fully saturated rings. The van der Waals surface area contributed by atoms with Gasteiger partial charge in [0, 0.05) is 5.69 Å². The molecule has 0 aromatic heterocycles. The van der Waals surface area contributed by atoms with E-state index in [0.29, 0.717) is 24.0 Å². The normalized spacial score (nSPS) is 11.9. The van der Waals surface area contributed by atoms with Crippen molar-refractivity contribution in [3.05, 3.63) is 53.6 Å². The molecule has 3 amide bonds. The lowest BCUT2D eigenvalue weighted by Crippen LogP contribution is -2.53. The highest BCUT2D eigenvalue weighted by Crippen LogP contribution is 2.29. The molecule has 0 radical (unpaired) electrons. The van der Waals surface area contributed by atoms with E-state index < -0.39 is 54.5 Å². The summed E-state index contributed by atoms with van der Waals surface area (Å²) in [4.78, 5) is 76.2. The number of amides is 3. The van der Waals surface area contributed by atoms with Crippen LogP contribution in [-0.2, 0) is 24.0 Å². The highest BCUT2D eigenvalue weighted by atomic mass is 16.5. The standard InChI is InChI=1S/C28H33N3O9/c1-5-9-19(30-27(37)26(36)25-21(39-3)12-8-13-22(25)40-4)28(38)31(20-11-7-6-10-17(20)2)15-23(33)29-18(16-32)14-24(34)35/h6-8,10-13,16,18-19H,5,9,14-15H2,1-4H3,(H,29,33)(H,30,37)(H,34,35)/t18-,19-/m0/s1. The minimum atomic E-state index is -1.29. The number of carbonyl (C=O) groups is 6. The molecule has 2 atom stereocenters. The Hall–Kier alpha value is -4.74. The van der Waals surface area contributed by atoms with Crippen LogP contribution in [0.15, 0.2) is 42.5 Å². The molecular formula is C28H33N3O9. The summed E-state index contributed by atoms with van der Waals surface area (Å²) in [6.07, 6.45) is 0.254. The summed E-state index contributed by atoms with van der Waals surface area (Å²) in [6, 6.07) is 8.80. The summed E-state index contributed by atoms with van der Waals surface area (Å²) in [5, 5.41) is 13.7. The van der Waals surface area contributed by atoms with Crippen LogP contribution in [0.4, 0.5) is 5.69 Å². The molecule has 0 aliphatic rings. The maximum atomic E-state index is 13.8. The van der Waals surface area contributed by atoms with Gasteiger partial charge in [0.25, 0.3) is 11.7 Å². The van der Waals surface area contributed by atoms with Gasteiger partial charge in [-0.05, 0) is 37.1 Å². The Kier molecular flexibility index (Phi) is 11.8. The van der Waals surface area contributed by atoms with Crippen molar-refractivity contribution in [2.45, 2.75) is 45.2 Å². The fourth-order valence-corrected chi connectivity index (χ4v) is 4.01.